The fourth-order valence-electron chi connectivity index (χ4n) is 3.03. The molecule has 0 amide bonds. The monoisotopic (exact) mass is 296 g/mol. The summed E-state index contributed by atoms with van der Waals surface area (Å²) in [5, 5.41) is 3.05. The zero-order valence-corrected chi connectivity index (χ0v) is 13.3. The first kappa shape index (κ1) is 15.3. The number of aryl methyl sites for hydroxylation is 2. The third-order valence-corrected chi connectivity index (χ3v) is 5.78. The highest BCUT2D eigenvalue weighted by Gasteiger charge is 2.22. The molecule has 0 bridgehead atoms. The van der Waals surface area contributed by atoms with Crippen molar-refractivity contribution in [2.45, 2.75) is 44.4 Å². The largest absolute Gasteiger partial charge is 0.388 e. The predicted molar refractivity (Wildman–Crippen MR) is 82.6 cm³/mol. The summed E-state index contributed by atoms with van der Waals surface area (Å²) in [5.74, 6) is 0.502. The highest BCUT2D eigenvalue weighted by Crippen LogP contribution is 2.26. The van der Waals surface area contributed by atoms with Crippen LogP contribution in [0.1, 0.15) is 36.8 Å². The van der Waals surface area contributed by atoms with Crippen LogP contribution in [0.15, 0.2) is 17.0 Å². The van der Waals surface area contributed by atoms with E-state index in [4.69, 9.17) is 0 Å². The van der Waals surface area contributed by atoms with Gasteiger partial charge in [0.25, 0.3) is 0 Å². The Morgan fingerprint density at radius 3 is 2.20 bits per heavy atom. The summed E-state index contributed by atoms with van der Waals surface area (Å²) < 4.78 is 27.8. The number of benzene rings is 1. The van der Waals surface area contributed by atoms with E-state index in [1.165, 1.54) is 12.8 Å². The van der Waals surface area contributed by atoms with Crippen LogP contribution in [-0.2, 0) is 10.0 Å². The lowest BCUT2D eigenvalue weighted by Gasteiger charge is -2.16. The van der Waals surface area contributed by atoms with E-state index in [1.807, 2.05) is 33.0 Å². The van der Waals surface area contributed by atoms with Crippen molar-refractivity contribution in [2.75, 3.05) is 18.9 Å². The van der Waals surface area contributed by atoms with Gasteiger partial charge in [-0.2, -0.15) is 0 Å². The van der Waals surface area contributed by atoms with Gasteiger partial charge in [0.05, 0.1) is 4.90 Å². The zero-order valence-electron chi connectivity index (χ0n) is 12.5. The zero-order chi connectivity index (χ0) is 14.8. The lowest BCUT2D eigenvalue weighted by molar-refractivity contribution is 0.519. The summed E-state index contributed by atoms with van der Waals surface area (Å²) in [6.45, 7) is 4.25. The van der Waals surface area contributed by atoms with Gasteiger partial charge in [-0.25, -0.2) is 13.1 Å². The minimum absolute atomic E-state index is 0.425. The number of nitrogens with one attached hydrogen (secondary N) is 2. The van der Waals surface area contributed by atoms with Gasteiger partial charge < -0.3 is 5.32 Å². The molecule has 0 unspecified atom stereocenters. The van der Waals surface area contributed by atoms with Crippen LogP contribution in [0.3, 0.4) is 0 Å². The Morgan fingerprint density at radius 1 is 1.15 bits per heavy atom. The first-order chi connectivity index (χ1) is 9.44. The average Bonchev–Trinajstić information content (AvgIpc) is 2.88. The Balaban J connectivity index is 2.20. The van der Waals surface area contributed by atoms with Crippen molar-refractivity contribution in [1.82, 2.24) is 4.72 Å². The molecular weight excluding hydrogens is 272 g/mol. The summed E-state index contributed by atoms with van der Waals surface area (Å²) in [4.78, 5) is 0.425. The molecule has 1 aromatic carbocycles. The van der Waals surface area contributed by atoms with Gasteiger partial charge in [0.1, 0.15) is 0 Å². The van der Waals surface area contributed by atoms with Gasteiger partial charge >= 0.3 is 0 Å². The van der Waals surface area contributed by atoms with E-state index >= 15 is 0 Å². The van der Waals surface area contributed by atoms with Crippen LogP contribution in [0.4, 0.5) is 5.69 Å². The smallest absolute Gasteiger partial charge is 0.241 e. The molecule has 0 radical (unpaired) electrons. The molecule has 1 saturated carbocycles. The first-order valence-electron chi connectivity index (χ1n) is 7.22. The third kappa shape index (κ3) is 3.33. The summed E-state index contributed by atoms with van der Waals surface area (Å²) in [6.07, 6.45) is 4.72. The van der Waals surface area contributed by atoms with Gasteiger partial charge in [0.2, 0.25) is 10.0 Å². The molecule has 0 aromatic heterocycles. The fourth-order valence-corrected chi connectivity index (χ4v) is 4.60. The molecule has 2 N–H and O–H groups in total. The van der Waals surface area contributed by atoms with E-state index in [-0.39, 0.29) is 0 Å². The molecule has 1 aromatic rings. The van der Waals surface area contributed by atoms with E-state index in [2.05, 4.69) is 10.0 Å². The lowest BCUT2D eigenvalue weighted by atomic mass is 10.1. The van der Waals surface area contributed by atoms with E-state index in [1.54, 1.807) is 0 Å². The second kappa shape index (κ2) is 6.14. The first-order valence-corrected chi connectivity index (χ1v) is 8.71. The van der Waals surface area contributed by atoms with Crippen molar-refractivity contribution in [3.8, 4) is 0 Å². The Hall–Kier alpha value is -1.07. The maximum Gasteiger partial charge on any atom is 0.241 e. The molecule has 112 valence electrons. The highest BCUT2D eigenvalue weighted by atomic mass is 32.2. The Labute approximate surface area is 122 Å². The van der Waals surface area contributed by atoms with Crippen molar-refractivity contribution in [3.05, 3.63) is 23.3 Å². The van der Waals surface area contributed by atoms with Crippen molar-refractivity contribution in [3.63, 3.8) is 0 Å². The normalized spacial score (nSPS) is 16.6. The maximum absolute atomic E-state index is 12.5. The second-order valence-corrected chi connectivity index (χ2v) is 7.40. The van der Waals surface area contributed by atoms with Gasteiger partial charge in [-0.05, 0) is 55.9 Å². The molecule has 4 nitrogen and oxygen atoms in total. The van der Waals surface area contributed by atoms with Crippen LogP contribution >= 0.6 is 0 Å². The van der Waals surface area contributed by atoms with E-state index in [9.17, 15) is 8.42 Å². The molecular formula is C15H24N2O2S. The lowest BCUT2D eigenvalue weighted by Crippen LogP contribution is -2.29. The SMILES string of the molecule is CNc1cc(C)c(S(=O)(=O)NCC2CCCC2)c(C)c1. The third-order valence-electron chi connectivity index (χ3n) is 4.05. The fraction of sp³-hybridized carbons (Fsp3) is 0.600. The van der Waals surface area contributed by atoms with Crippen molar-refractivity contribution < 1.29 is 8.42 Å². The van der Waals surface area contributed by atoms with Gasteiger partial charge in [-0.15, -0.1) is 0 Å². The van der Waals surface area contributed by atoms with Gasteiger partial charge in [-0.3, -0.25) is 0 Å². The molecule has 1 fully saturated rings. The minimum atomic E-state index is -3.41. The summed E-state index contributed by atoms with van der Waals surface area (Å²) in [5.41, 5.74) is 2.51. The molecule has 0 saturated heterocycles. The molecule has 2 rings (SSSR count). The van der Waals surface area contributed by atoms with E-state index in [0.717, 1.165) is 29.7 Å². The van der Waals surface area contributed by atoms with Crippen LogP contribution in [0.25, 0.3) is 0 Å². The summed E-state index contributed by atoms with van der Waals surface area (Å²) >= 11 is 0. The highest BCUT2D eigenvalue weighted by molar-refractivity contribution is 7.89. The average molecular weight is 296 g/mol. The van der Waals surface area contributed by atoms with Gasteiger partial charge in [0.15, 0.2) is 0 Å². The standard InChI is InChI=1S/C15H24N2O2S/c1-11-8-14(16-3)9-12(2)15(11)20(18,19)17-10-13-6-4-5-7-13/h8-9,13,16-17H,4-7,10H2,1-3H3. The van der Waals surface area contributed by atoms with Crippen LogP contribution in [0.2, 0.25) is 0 Å². The predicted octanol–water partition coefficient (Wildman–Crippen LogP) is 2.81. The number of sulfonamides is 1. The van der Waals surface area contributed by atoms with Crippen molar-refractivity contribution in [2.24, 2.45) is 5.92 Å². The quantitative estimate of drug-likeness (QED) is 0.878. The second-order valence-electron chi connectivity index (χ2n) is 5.69. The van der Waals surface area contributed by atoms with E-state index < -0.39 is 10.0 Å². The molecule has 5 heteroatoms. The Morgan fingerprint density at radius 2 is 1.70 bits per heavy atom. The van der Waals surface area contributed by atoms with Gasteiger partial charge in [-0.1, -0.05) is 12.8 Å². The molecule has 1 aliphatic rings. The van der Waals surface area contributed by atoms with Crippen LogP contribution in [0, 0.1) is 19.8 Å². The number of anilines is 1. The summed E-state index contributed by atoms with van der Waals surface area (Å²) in [7, 11) is -1.58. The number of hydrogen-bond acceptors (Lipinski definition) is 3. The van der Waals surface area contributed by atoms with Crippen LogP contribution < -0.4 is 10.0 Å². The Kier molecular flexibility index (Phi) is 4.70. The molecule has 0 aliphatic heterocycles. The molecule has 0 atom stereocenters. The van der Waals surface area contributed by atoms with Crippen molar-refractivity contribution >= 4 is 15.7 Å². The maximum atomic E-state index is 12.5. The topological polar surface area (TPSA) is 58.2 Å². The molecule has 0 spiro atoms. The molecule has 20 heavy (non-hydrogen) atoms. The molecule has 1 aliphatic carbocycles. The van der Waals surface area contributed by atoms with Crippen LogP contribution in [-0.4, -0.2) is 22.0 Å². The Bertz CT molecular complexity index is 553. The van der Waals surface area contributed by atoms with Gasteiger partial charge in [0, 0.05) is 19.3 Å². The van der Waals surface area contributed by atoms with Crippen molar-refractivity contribution in [1.29, 1.82) is 0 Å². The number of rotatable bonds is 5. The number of hydrogen-bond donors (Lipinski definition) is 2. The van der Waals surface area contributed by atoms with Crippen LogP contribution in [0.5, 0.6) is 0 Å². The molecule has 0 heterocycles. The summed E-state index contributed by atoms with van der Waals surface area (Å²) in [6, 6.07) is 3.74. The minimum Gasteiger partial charge on any atom is -0.388 e. The van der Waals surface area contributed by atoms with E-state index in [0.29, 0.717) is 17.4 Å².